The Bertz CT molecular complexity index is 1730. The van der Waals surface area contributed by atoms with Crippen LogP contribution in [0.15, 0.2) is 135 Å². The van der Waals surface area contributed by atoms with Crippen LogP contribution in [0.2, 0.25) is 0 Å². The van der Waals surface area contributed by atoms with Crippen molar-refractivity contribution >= 4 is 12.2 Å². The van der Waals surface area contributed by atoms with Gasteiger partial charge in [0.15, 0.2) is 0 Å². The van der Waals surface area contributed by atoms with Crippen molar-refractivity contribution in [2.45, 2.75) is 49.9 Å². The molecular weight excluding hydrogens is 658 g/mol. The van der Waals surface area contributed by atoms with E-state index in [1.165, 1.54) is 12.1 Å². The molecule has 2 aliphatic carbocycles. The predicted octanol–water partition coefficient (Wildman–Crippen LogP) is 13.5. The van der Waals surface area contributed by atoms with Gasteiger partial charge in [0.05, 0.1) is 11.1 Å². The average molecular weight is 699 g/mol. The zero-order valence-electron chi connectivity index (χ0n) is 28.1. The van der Waals surface area contributed by atoms with E-state index in [9.17, 15) is 26.3 Å². The van der Waals surface area contributed by atoms with Crippen LogP contribution in [0.4, 0.5) is 26.3 Å². The number of halogens is 6. The summed E-state index contributed by atoms with van der Waals surface area (Å²) in [6, 6.07) is 26.2. The van der Waals surface area contributed by atoms with Gasteiger partial charge in [-0.2, -0.15) is 26.3 Å². The Morgan fingerprint density at radius 3 is 1.24 bits per heavy atom. The molecule has 0 amide bonds. The van der Waals surface area contributed by atoms with Crippen LogP contribution in [0.25, 0.3) is 12.2 Å². The van der Waals surface area contributed by atoms with E-state index in [0.717, 1.165) is 61.1 Å². The molecule has 2 fully saturated rings. The highest BCUT2D eigenvalue weighted by Crippen LogP contribution is 2.53. The van der Waals surface area contributed by atoms with E-state index in [0.29, 0.717) is 11.1 Å². The molecule has 6 rings (SSSR count). The summed E-state index contributed by atoms with van der Waals surface area (Å²) < 4.78 is 91.8. The molecule has 0 heterocycles. The smallest absolute Gasteiger partial charge is 0.416 e. The topological polar surface area (TPSA) is 9.23 Å². The average Bonchev–Trinajstić information content (AvgIpc) is 3.73. The number of hydrogen-bond acceptors (Lipinski definition) is 1. The maximum atomic E-state index is 14.2. The first kappa shape index (κ1) is 36.0. The number of benzene rings is 4. The van der Waals surface area contributed by atoms with Crippen LogP contribution in [0, 0.1) is 23.7 Å². The fraction of sp³-hybridized carbons (Fsp3) is 0.273. The van der Waals surface area contributed by atoms with Crippen molar-refractivity contribution in [2.24, 2.45) is 23.7 Å². The van der Waals surface area contributed by atoms with Crippen molar-refractivity contribution in [1.29, 1.82) is 0 Å². The third-order valence-corrected chi connectivity index (χ3v) is 10.4. The predicted molar refractivity (Wildman–Crippen MR) is 192 cm³/mol. The number of rotatable bonds is 10. The Kier molecular flexibility index (Phi) is 10.8. The van der Waals surface area contributed by atoms with Crippen molar-refractivity contribution in [1.82, 2.24) is 0 Å². The summed E-state index contributed by atoms with van der Waals surface area (Å²) >= 11 is 0. The third kappa shape index (κ3) is 8.24. The van der Waals surface area contributed by atoms with Gasteiger partial charge in [-0.3, -0.25) is 0 Å². The molecule has 7 heteroatoms. The van der Waals surface area contributed by atoms with Crippen LogP contribution in [0.3, 0.4) is 0 Å². The molecule has 264 valence electrons. The number of allylic oxidation sites excluding steroid dienone is 4. The van der Waals surface area contributed by atoms with Crippen LogP contribution in [0.5, 0.6) is 11.5 Å². The van der Waals surface area contributed by atoms with Crippen molar-refractivity contribution in [2.75, 3.05) is 0 Å². The van der Waals surface area contributed by atoms with Gasteiger partial charge in [-0.15, -0.1) is 13.2 Å². The zero-order chi connectivity index (χ0) is 36.2. The van der Waals surface area contributed by atoms with Gasteiger partial charge >= 0.3 is 12.4 Å². The highest BCUT2D eigenvalue weighted by molar-refractivity contribution is 5.54. The summed E-state index contributed by atoms with van der Waals surface area (Å²) in [6.45, 7) is 8.02. The molecule has 51 heavy (non-hydrogen) atoms. The van der Waals surface area contributed by atoms with Crippen LogP contribution in [-0.4, -0.2) is 0 Å². The lowest BCUT2D eigenvalue weighted by molar-refractivity contribution is -0.138. The largest absolute Gasteiger partial charge is 0.457 e. The minimum Gasteiger partial charge on any atom is -0.457 e. The lowest BCUT2D eigenvalue weighted by Crippen LogP contribution is -2.16. The quantitative estimate of drug-likeness (QED) is 0.118. The molecule has 0 radical (unpaired) electrons. The standard InChI is InChI=1S/C44H40F6O/c1-3-31-19-21-33(17-15-29-11-7-5-8-12-29)41(31)37-27-35(43(45,46)47)23-25-39(37)51-40-26-24-36(44(48,49)50)28-38(40)42-32(4-2)20-22-34(42)18-16-30-13-9-6-10-14-30/h3-18,23-28,31-34,41-42H,1-2,19-22H2. The molecule has 0 saturated heterocycles. The maximum Gasteiger partial charge on any atom is 0.416 e. The van der Waals surface area contributed by atoms with Crippen molar-refractivity contribution in [3.05, 3.63) is 168 Å². The normalized spacial score (nSPS) is 24.0. The SMILES string of the molecule is C=CC1CCC(C=Cc2ccccc2)C1c1cc(C(F)(F)F)ccc1Oc1ccc(C(F)(F)F)cc1C1C(C=C)CCC1C=Cc1ccccc1. The molecular formula is C44H40F6O. The second kappa shape index (κ2) is 15.2. The highest BCUT2D eigenvalue weighted by Gasteiger charge is 2.41. The van der Waals surface area contributed by atoms with Gasteiger partial charge in [0.25, 0.3) is 0 Å². The summed E-state index contributed by atoms with van der Waals surface area (Å²) in [4.78, 5) is 0. The van der Waals surface area contributed by atoms with Crippen LogP contribution < -0.4 is 4.74 Å². The van der Waals surface area contributed by atoms with E-state index in [1.807, 2.05) is 85.0 Å². The lowest BCUT2D eigenvalue weighted by Gasteiger charge is -2.28. The maximum absolute atomic E-state index is 14.2. The summed E-state index contributed by atoms with van der Waals surface area (Å²) in [5.74, 6) is -0.951. The number of alkyl halides is 6. The first-order chi connectivity index (χ1) is 24.5. The van der Waals surface area contributed by atoms with E-state index in [1.54, 1.807) is 12.2 Å². The van der Waals surface area contributed by atoms with E-state index >= 15 is 0 Å². The van der Waals surface area contributed by atoms with Gasteiger partial charge in [0.2, 0.25) is 0 Å². The highest BCUT2D eigenvalue weighted by atomic mass is 19.4. The van der Waals surface area contributed by atoms with E-state index in [-0.39, 0.29) is 35.2 Å². The first-order valence-corrected chi connectivity index (χ1v) is 17.3. The van der Waals surface area contributed by atoms with E-state index in [4.69, 9.17) is 4.74 Å². The van der Waals surface area contributed by atoms with E-state index in [2.05, 4.69) is 13.2 Å². The third-order valence-electron chi connectivity index (χ3n) is 10.4. The Morgan fingerprint density at radius 1 is 0.510 bits per heavy atom. The van der Waals surface area contributed by atoms with Crippen LogP contribution in [-0.2, 0) is 12.4 Å². The zero-order valence-corrected chi connectivity index (χ0v) is 28.1. The van der Waals surface area contributed by atoms with Crippen molar-refractivity contribution in [3.8, 4) is 11.5 Å². The first-order valence-electron chi connectivity index (χ1n) is 17.3. The van der Waals surface area contributed by atoms with Crippen molar-refractivity contribution in [3.63, 3.8) is 0 Å². The molecule has 0 spiro atoms. The molecule has 4 aromatic rings. The molecule has 0 aliphatic heterocycles. The Morgan fingerprint density at radius 2 is 0.882 bits per heavy atom. The molecule has 0 aromatic heterocycles. The Balaban J connectivity index is 1.45. The summed E-state index contributed by atoms with van der Waals surface area (Å²) in [7, 11) is 0. The summed E-state index contributed by atoms with van der Waals surface area (Å²) in [5, 5.41) is 0. The Labute approximate surface area is 295 Å². The van der Waals surface area contributed by atoms with Gasteiger partial charge in [0.1, 0.15) is 11.5 Å². The number of hydrogen-bond donors (Lipinski definition) is 0. The molecule has 0 bridgehead atoms. The van der Waals surface area contributed by atoms with Crippen LogP contribution >= 0.6 is 0 Å². The van der Waals surface area contributed by atoms with Gasteiger partial charge in [-0.05, 0) is 108 Å². The second-order valence-electron chi connectivity index (χ2n) is 13.5. The van der Waals surface area contributed by atoms with Gasteiger partial charge in [-0.1, -0.05) is 97.1 Å². The molecule has 4 aromatic carbocycles. The fourth-order valence-electron chi connectivity index (χ4n) is 7.88. The fourth-order valence-corrected chi connectivity index (χ4v) is 7.88. The van der Waals surface area contributed by atoms with Crippen molar-refractivity contribution < 1.29 is 31.1 Å². The Hall–Kier alpha value is -4.78. The molecule has 0 N–H and O–H groups in total. The second-order valence-corrected chi connectivity index (χ2v) is 13.5. The summed E-state index contributed by atoms with van der Waals surface area (Å²) in [5.41, 5.74) is 1.02. The molecule has 2 saturated carbocycles. The lowest BCUT2D eigenvalue weighted by atomic mass is 9.81. The minimum absolute atomic E-state index is 0.126. The van der Waals surface area contributed by atoms with Crippen LogP contribution in [0.1, 0.15) is 70.9 Å². The van der Waals surface area contributed by atoms with Gasteiger partial charge in [0, 0.05) is 11.8 Å². The molecule has 1 nitrogen and oxygen atoms in total. The van der Waals surface area contributed by atoms with Gasteiger partial charge < -0.3 is 4.74 Å². The molecule has 2 aliphatic rings. The molecule has 6 unspecified atom stereocenters. The molecule has 6 atom stereocenters. The van der Waals surface area contributed by atoms with E-state index < -0.39 is 35.3 Å². The minimum atomic E-state index is -4.61. The summed E-state index contributed by atoms with van der Waals surface area (Å²) in [6.07, 6.45) is 5.27. The van der Waals surface area contributed by atoms with Gasteiger partial charge in [-0.25, -0.2) is 0 Å². The monoisotopic (exact) mass is 698 g/mol. The number of ether oxygens (including phenoxy) is 1.